The Labute approximate surface area is 118 Å². The largest absolute Gasteiger partial charge is 0.383 e. The Morgan fingerprint density at radius 1 is 1.58 bits per heavy atom. The van der Waals surface area contributed by atoms with Crippen molar-refractivity contribution in [1.29, 1.82) is 0 Å². The molecule has 0 aromatic carbocycles. The fraction of sp³-hybridized carbons (Fsp3) is 0.615. The van der Waals surface area contributed by atoms with Crippen molar-refractivity contribution in [2.45, 2.75) is 6.17 Å². The first-order chi connectivity index (χ1) is 9.22. The molecule has 0 spiro atoms. The van der Waals surface area contributed by atoms with E-state index in [0.29, 0.717) is 6.54 Å². The third-order valence-corrected chi connectivity index (χ3v) is 4.22. The zero-order chi connectivity index (χ0) is 13.7. The second kappa shape index (κ2) is 7.00. The van der Waals surface area contributed by atoms with Crippen molar-refractivity contribution in [2.24, 2.45) is 0 Å². The van der Waals surface area contributed by atoms with E-state index in [1.165, 1.54) is 4.88 Å². The van der Waals surface area contributed by atoms with Gasteiger partial charge in [-0.2, -0.15) is 0 Å². The lowest BCUT2D eigenvalue weighted by molar-refractivity contribution is -0.128. The summed E-state index contributed by atoms with van der Waals surface area (Å²) in [5.74, 6) is 0.179. The first-order valence-electron chi connectivity index (χ1n) is 6.46. The van der Waals surface area contributed by atoms with Crippen LogP contribution < -0.4 is 5.32 Å². The van der Waals surface area contributed by atoms with Gasteiger partial charge in [0.1, 0.15) is 6.17 Å². The molecule has 1 atom stereocenters. The molecule has 2 heterocycles. The number of rotatable bonds is 7. The van der Waals surface area contributed by atoms with E-state index in [9.17, 15) is 4.79 Å². The van der Waals surface area contributed by atoms with Gasteiger partial charge in [-0.1, -0.05) is 6.07 Å². The second-order valence-electron chi connectivity index (χ2n) is 4.68. The lowest BCUT2D eigenvalue weighted by Gasteiger charge is -2.26. The maximum absolute atomic E-state index is 11.9. The van der Waals surface area contributed by atoms with E-state index < -0.39 is 0 Å². The van der Waals surface area contributed by atoms with Crippen LogP contribution in [0.25, 0.3) is 0 Å². The standard InChI is InChI=1S/C13H21N3O2S/c1-15(7-8-18-2)5-6-16-12(17)10-14-13(16)11-4-3-9-19-11/h3-4,9,13-14H,5-8,10H2,1-2H3. The number of hydrogen-bond acceptors (Lipinski definition) is 5. The van der Waals surface area contributed by atoms with Gasteiger partial charge in [-0.15, -0.1) is 11.3 Å². The van der Waals surface area contributed by atoms with Crippen molar-refractivity contribution in [3.63, 3.8) is 0 Å². The van der Waals surface area contributed by atoms with E-state index in [0.717, 1.165) is 26.2 Å². The molecule has 1 fully saturated rings. The Kier molecular flexibility index (Phi) is 5.33. The van der Waals surface area contributed by atoms with Gasteiger partial charge in [0.2, 0.25) is 5.91 Å². The zero-order valence-corrected chi connectivity index (χ0v) is 12.3. The first-order valence-corrected chi connectivity index (χ1v) is 7.34. The van der Waals surface area contributed by atoms with Gasteiger partial charge in [-0.25, -0.2) is 0 Å². The third kappa shape index (κ3) is 3.76. The summed E-state index contributed by atoms with van der Waals surface area (Å²) in [6.45, 7) is 3.64. The van der Waals surface area contributed by atoms with Gasteiger partial charge < -0.3 is 14.5 Å². The Hall–Kier alpha value is -0.950. The molecule has 2 rings (SSSR count). The van der Waals surface area contributed by atoms with E-state index in [1.54, 1.807) is 18.4 Å². The van der Waals surface area contributed by atoms with Crippen LogP contribution in [0.5, 0.6) is 0 Å². The van der Waals surface area contributed by atoms with Crippen LogP contribution in [0, 0.1) is 0 Å². The van der Waals surface area contributed by atoms with E-state index >= 15 is 0 Å². The van der Waals surface area contributed by atoms with Crippen LogP contribution in [-0.2, 0) is 9.53 Å². The minimum Gasteiger partial charge on any atom is -0.383 e. The van der Waals surface area contributed by atoms with Crippen molar-refractivity contribution < 1.29 is 9.53 Å². The van der Waals surface area contributed by atoms with E-state index in [2.05, 4.69) is 16.3 Å². The average Bonchev–Trinajstić information content (AvgIpc) is 3.03. The molecule has 1 saturated heterocycles. The number of carbonyl (C=O) groups is 1. The van der Waals surface area contributed by atoms with Gasteiger partial charge >= 0.3 is 0 Å². The number of likely N-dealkylation sites (N-methyl/N-ethyl adjacent to an activating group) is 1. The first kappa shape index (κ1) is 14.5. The second-order valence-corrected chi connectivity index (χ2v) is 5.66. The number of methoxy groups -OCH3 is 1. The molecule has 1 N–H and O–H groups in total. The molecule has 0 aliphatic carbocycles. The summed E-state index contributed by atoms with van der Waals surface area (Å²) in [5.41, 5.74) is 0. The van der Waals surface area contributed by atoms with E-state index in [1.807, 2.05) is 23.4 Å². The van der Waals surface area contributed by atoms with E-state index in [4.69, 9.17) is 4.74 Å². The average molecular weight is 283 g/mol. The number of amides is 1. The predicted molar refractivity (Wildman–Crippen MR) is 76.1 cm³/mol. The lowest BCUT2D eigenvalue weighted by atomic mass is 10.3. The topological polar surface area (TPSA) is 44.8 Å². The van der Waals surface area contributed by atoms with Gasteiger partial charge in [0.15, 0.2) is 0 Å². The van der Waals surface area contributed by atoms with Crippen LogP contribution in [0.15, 0.2) is 17.5 Å². The summed E-state index contributed by atoms with van der Waals surface area (Å²) in [7, 11) is 3.75. The number of nitrogens with one attached hydrogen (secondary N) is 1. The number of ether oxygens (including phenoxy) is 1. The van der Waals surface area contributed by atoms with Crippen LogP contribution in [0.2, 0.25) is 0 Å². The molecular weight excluding hydrogens is 262 g/mol. The molecule has 106 valence electrons. The van der Waals surface area contributed by atoms with Gasteiger partial charge in [0.25, 0.3) is 0 Å². The van der Waals surface area contributed by atoms with Crippen molar-refractivity contribution in [3.05, 3.63) is 22.4 Å². The molecule has 5 nitrogen and oxygen atoms in total. The summed E-state index contributed by atoms with van der Waals surface area (Å²) in [4.78, 5) is 17.2. The Morgan fingerprint density at radius 3 is 3.11 bits per heavy atom. The molecular formula is C13H21N3O2S. The van der Waals surface area contributed by atoms with Crippen LogP contribution in [0.3, 0.4) is 0 Å². The highest BCUT2D eigenvalue weighted by Gasteiger charge is 2.31. The Balaban J connectivity index is 1.88. The molecule has 1 amide bonds. The highest BCUT2D eigenvalue weighted by molar-refractivity contribution is 7.10. The third-order valence-electron chi connectivity index (χ3n) is 3.29. The fourth-order valence-corrected chi connectivity index (χ4v) is 2.94. The minimum atomic E-state index is 0.0447. The summed E-state index contributed by atoms with van der Waals surface area (Å²) in [5, 5.41) is 5.31. The number of hydrogen-bond donors (Lipinski definition) is 1. The monoisotopic (exact) mass is 283 g/mol. The Bertz CT molecular complexity index is 397. The number of nitrogens with zero attached hydrogens (tertiary/aromatic N) is 2. The van der Waals surface area contributed by atoms with Gasteiger partial charge in [0, 0.05) is 31.6 Å². The summed E-state index contributed by atoms with van der Waals surface area (Å²) in [6.07, 6.45) is 0.0447. The molecule has 6 heteroatoms. The molecule has 1 unspecified atom stereocenters. The SMILES string of the molecule is COCCN(C)CCN1C(=O)CNC1c1cccs1. The zero-order valence-electron chi connectivity index (χ0n) is 11.5. The van der Waals surface area contributed by atoms with Crippen LogP contribution in [0.4, 0.5) is 0 Å². The van der Waals surface area contributed by atoms with Crippen LogP contribution >= 0.6 is 11.3 Å². The molecule has 1 aromatic heterocycles. The maximum Gasteiger partial charge on any atom is 0.238 e. The molecule has 19 heavy (non-hydrogen) atoms. The molecule has 1 aromatic rings. The predicted octanol–water partition coefficient (Wildman–Crippen LogP) is 0.757. The summed E-state index contributed by atoms with van der Waals surface area (Å²) < 4.78 is 5.05. The smallest absolute Gasteiger partial charge is 0.238 e. The number of thiophene rings is 1. The molecule has 0 bridgehead atoms. The number of carbonyl (C=O) groups excluding carboxylic acids is 1. The normalized spacial score (nSPS) is 19.6. The fourth-order valence-electron chi connectivity index (χ4n) is 2.13. The highest BCUT2D eigenvalue weighted by Crippen LogP contribution is 2.25. The van der Waals surface area contributed by atoms with Crippen LogP contribution in [0.1, 0.15) is 11.0 Å². The van der Waals surface area contributed by atoms with Gasteiger partial charge in [0.05, 0.1) is 13.2 Å². The van der Waals surface area contributed by atoms with Gasteiger partial charge in [-0.3, -0.25) is 10.1 Å². The minimum absolute atomic E-state index is 0.0447. The molecule has 1 aliphatic rings. The summed E-state index contributed by atoms with van der Waals surface area (Å²) in [6, 6.07) is 4.09. The molecule has 0 radical (unpaired) electrons. The highest BCUT2D eigenvalue weighted by atomic mass is 32.1. The summed E-state index contributed by atoms with van der Waals surface area (Å²) >= 11 is 1.68. The maximum atomic E-state index is 11.9. The van der Waals surface area contributed by atoms with Crippen molar-refractivity contribution in [3.8, 4) is 0 Å². The molecule has 1 aliphatic heterocycles. The van der Waals surface area contributed by atoms with Crippen molar-refractivity contribution in [1.82, 2.24) is 15.1 Å². The molecule has 0 saturated carbocycles. The van der Waals surface area contributed by atoms with Crippen LogP contribution in [-0.4, -0.2) is 62.7 Å². The lowest BCUT2D eigenvalue weighted by Crippen LogP contribution is -2.37. The van der Waals surface area contributed by atoms with Crippen molar-refractivity contribution in [2.75, 3.05) is 46.9 Å². The van der Waals surface area contributed by atoms with Gasteiger partial charge in [-0.05, 0) is 18.5 Å². The van der Waals surface area contributed by atoms with Crippen molar-refractivity contribution >= 4 is 17.2 Å². The quantitative estimate of drug-likeness (QED) is 0.802. The van der Waals surface area contributed by atoms with E-state index in [-0.39, 0.29) is 12.1 Å². The Morgan fingerprint density at radius 2 is 2.42 bits per heavy atom.